The summed E-state index contributed by atoms with van der Waals surface area (Å²) in [6, 6.07) is 6.00. The molecule has 2 N–H and O–H groups in total. The molecule has 2 amide bonds. The minimum Gasteiger partial charge on any atom is -0.339 e. The van der Waals surface area contributed by atoms with Gasteiger partial charge in [-0.15, -0.1) is 0 Å². The van der Waals surface area contributed by atoms with Gasteiger partial charge in [0.05, 0.1) is 5.41 Å². The van der Waals surface area contributed by atoms with Crippen molar-refractivity contribution < 1.29 is 14.8 Å². The number of hydrogen-bond donors (Lipinski definition) is 2. The molecule has 2 fully saturated rings. The predicted molar refractivity (Wildman–Crippen MR) is 79.5 cm³/mol. The molecule has 0 unspecified atom stereocenters. The van der Waals surface area contributed by atoms with Crippen LogP contribution < -0.4 is 5.48 Å². The lowest BCUT2D eigenvalue weighted by Gasteiger charge is -2.33. The summed E-state index contributed by atoms with van der Waals surface area (Å²) in [4.78, 5) is 26.4. The summed E-state index contributed by atoms with van der Waals surface area (Å²) in [5.41, 5.74) is 4.23. The van der Waals surface area contributed by atoms with Gasteiger partial charge in [-0.3, -0.25) is 14.8 Å². The Kier molecular flexibility index (Phi) is 3.01. The molecule has 1 saturated carbocycles. The van der Waals surface area contributed by atoms with E-state index in [1.165, 1.54) is 5.56 Å². The van der Waals surface area contributed by atoms with Crippen molar-refractivity contribution >= 4 is 11.8 Å². The molecule has 1 atom stereocenters. The molecule has 1 aromatic rings. The van der Waals surface area contributed by atoms with Crippen LogP contribution >= 0.6 is 0 Å². The fourth-order valence-electron chi connectivity index (χ4n) is 4.04. The van der Waals surface area contributed by atoms with E-state index in [0.29, 0.717) is 17.5 Å². The number of carbonyl (C=O) groups excluding carboxylic acids is 2. The predicted octanol–water partition coefficient (Wildman–Crippen LogP) is 1.68. The minimum atomic E-state index is -0.486. The molecule has 22 heavy (non-hydrogen) atoms. The SMILES string of the molecule is O=C(NO)c1ccc2c(c1)CC[C@]1(CCN(C3CC3)C1=O)C2. The van der Waals surface area contributed by atoms with Gasteiger partial charge in [0, 0.05) is 18.2 Å². The fraction of sp³-hybridized carbons (Fsp3) is 0.529. The van der Waals surface area contributed by atoms with E-state index < -0.39 is 5.91 Å². The standard InChI is InChI=1S/C17H20N2O3/c20-15(18-22)12-1-2-13-10-17(6-5-11(13)9-12)7-8-19(16(17)21)14-3-4-14/h1-2,9,14,22H,3-8,10H2,(H,18,20)/t17-/m0/s1. The lowest BCUT2D eigenvalue weighted by atomic mass is 9.70. The number of rotatable bonds is 2. The molecular formula is C17H20N2O3. The summed E-state index contributed by atoms with van der Waals surface area (Å²) >= 11 is 0. The first-order valence-corrected chi connectivity index (χ1v) is 8.00. The highest BCUT2D eigenvalue weighted by Crippen LogP contribution is 2.46. The molecule has 116 valence electrons. The average Bonchev–Trinajstić information content (AvgIpc) is 3.34. The van der Waals surface area contributed by atoms with Gasteiger partial charge in [0.15, 0.2) is 0 Å². The maximum Gasteiger partial charge on any atom is 0.274 e. The Bertz CT molecular complexity index is 653. The van der Waals surface area contributed by atoms with Gasteiger partial charge in [-0.1, -0.05) is 6.07 Å². The van der Waals surface area contributed by atoms with Crippen LogP contribution in [0.1, 0.15) is 47.2 Å². The Hall–Kier alpha value is -1.88. The van der Waals surface area contributed by atoms with Gasteiger partial charge in [0.25, 0.3) is 5.91 Å². The van der Waals surface area contributed by atoms with Crippen molar-refractivity contribution in [3.05, 3.63) is 34.9 Å². The lowest BCUT2D eigenvalue weighted by Crippen LogP contribution is -2.39. The first-order valence-electron chi connectivity index (χ1n) is 8.00. The van der Waals surface area contributed by atoms with Crippen LogP contribution in [-0.2, 0) is 17.6 Å². The molecule has 1 aliphatic heterocycles. The van der Waals surface area contributed by atoms with Crippen molar-refractivity contribution in [2.45, 2.75) is 44.6 Å². The van der Waals surface area contributed by atoms with Crippen molar-refractivity contribution in [3.63, 3.8) is 0 Å². The second-order valence-corrected chi connectivity index (χ2v) is 6.86. The lowest BCUT2D eigenvalue weighted by molar-refractivity contribution is -0.137. The van der Waals surface area contributed by atoms with Crippen LogP contribution in [0.5, 0.6) is 0 Å². The largest absolute Gasteiger partial charge is 0.339 e. The molecule has 3 aliphatic rings. The van der Waals surface area contributed by atoms with E-state index in [4.69, 9.17) is 5.21 Å². The first kappa shape index (κ1) is 13.8. The molecule has 2 aliphatic carbocycles. The molecule has 1 aromatic carbocycles. The van der Waals surface area contributed by atoms with Gasteiger partial charge in [0.2, 0.25) is 5.91 Å². The van der Waals surface area contributed by atoms with E-state index in [2.05, 4.69) is 4.90 Å². The summed E-state index contributed by atoms with van der Waals surface area (Å²) in [6.07, 6.45) is 5.76. The van der Waals surface area contributed by atoms with Crippen LogP contribution in [0.15, 0.2) is 18.2 Å². The number of carbonyl (C=O) groups is 2. The molecule has 1 spiro atoms. The second kappa shape index (κ2) is 4.81. The Morgan fingerprint density at radius 2 is 2.09 bits per heavy atom. The number of aryl methyl sites for hydroxylation is 1. The number of hydrogen-bond acceptors (Lipinski definition) is 3. The van der Waals surface area contributed by atoms with E-state index in [0.717, 1.165) is 50.6 Å². The van der Waals surface area contributed by atoms with Gasteiger partial charge in [-0.05, 0) is 61.8 Å². The Morgan fingerprint density at radius 3 is 2.82 bits per heavy atom. The number of hydroxylamine groups is 1. The van der Waals surface area contributed by atoms with Gasteiger partial charge in [-0.2, -0.15) is 0 Å². The Labute approximate surface area is 129 Å². The third-order valence-corrected chi connectivity index (χ3v) is 5.51. The zero-order valence-electron chi connectivity index (χ0n) is 12.5. The van der Waals surface area contributed by atoms with Crippen LogP contribution in [-0.4, -0.2) is 34.5 Å². The normalized spacial score (nSPS) is 27.1. The maximum atomic E-state index is 12.8. The van der Waals surface area contributed by atoms with Crippen LogP contribution in [0.3, 0.4) is 0 Å². The van der Waals surface area contributed by atoms with Crippen molar-refractivity contribution in [2.24, 2.45) is 5.41 Å². The number of amides is 2. The molecule has 5 nitrogen and oxygen atoms in total. The number of nitrogens with zero attached hydrogens (tertiary/aromatic N) is 1. The van der Waals surface area contributed by atoms with Gasteiger partial charge in [-0.25, -0.2) is 5.48 Å². The molecule has 1 heterocycles. The quantitative estimate of drug-likeness (QED) is 0.645. The third kappa shape index (κ3) is 2.03. The van der Waals surface area contributed by atoms with Crippen molar-refractivity contribution in [3.8, 4) is 0 Å². The van der Waals surface area contributed by atoms with Crippen LogP contribution in [0.4, 0.5) is 0 Å². The topological polar surface area (TPSA) is 69.6 Å². The number of likely N-dealkylation sites (tertiary alicyclic amines) is 1. The van der Waals surface area contributed by atoms with E-state index in [1.807, 2.05) is 12.1 Å². The molecule has 1 saturated heterocycles. The number of nitrogens with one attached hydrogen (secondary N) is 1. The van der Waals surface area contributed by atoms with Gasteiger partial charge >= 0.3 is 0 Å². The zero-order valence-corrected chi connectivity index (χ0v) is 12.5. The fourth-order valence-corrected chi connectivity index (χ4v) is 4.04. The third-order valence-electron chi connectivity index (χ3n) is 5.51. The summed E-state index contributed by atoms with van der Waals surface area (Å²) in [6.45, 7) is 0.907. The minimum absolute atomic E-state index is 0.212. The highest BCUT2D eigenvalue weighted by Gasteiger charge is 2.51. The van der Waals surface area contributed by atoms with Crippen LogP contribution in [0, 0.1) is 5.41 Å². The monoisotopic (exact) mass is 300 g/mol. The van der Waals surface area contributed by atoms with Crippen molar-refractivity contribution in [2.75, 3.05) is 6.54 Å². The summed E-state index contributed by atoms with van der Waals surface area (Å²) in [7, 11) is 0. The summed E-state index contributed by atoms with van der Waals surface area (Å²) in [5, 5.41) is 8.73. The molecule has 0 aromatic heterocycles. The maximum absolute atomic E-state index is 12.8. The smallest absolute Gasteiger partial charge is 0.274 e. The average molecular weight is 300 g/mol. The van der Waals surface area contributed by atoms with E-state index in [-0.39, 0.29) is 5.41 Å². The van der Waals surface area contributed by atoms with E-state index >= 15 is 0 Å². The number of fused-ring (bicyclic) bond motifs is 1. The molecular weight excluding hydrogens is 280 g/mol. The van der Waals surface area contributed by atoms with Crippen molar-refractivity contribution in [1.29, 1.82) is 0 Å². The van der Waals surface area contributed by atoms with Crippen molar-refractivity contribution in [1.82, 2.24) is 10.4 Å². The Morgan fingerprint density at radius 1 is 1.27 bits per heavy atom. The van der Waals surface area contributed by atoms with Crippen LogP contribution in [0.25, 0.3) is 0 Å². The Balaban J connectivity index is 1.59. The highest BCUT2D eigenvalue weighted by atomic mass is 16.5. The van der Waals surface area contributed by atoms with E-state index in [1.54, 1.807) is 11.5 Å². The molecule has 4 rings (SSSR count). The zero-order chi connectivity index (χ0) is 15.3. The number of benzene rings is 1. The summed E-state index contributed by atoms with van der Waals surface area (Å²) < 4.78 is 0. The first-order chi connectivity index (χ1) is 10.6. The van der Waals surface area contributed by atoms with E-state index in [9.17, 15) is 9.59 Å². The molecule has 0 bridgehead atoms. The second-order valence-electron chi connectivity index (χ2n) is 6.86. The van der Waals surface area contributed by atoms with Crippen LogP contribution in [0.2, 0.25) is 0 Å². The summed E-state index contributed by atoms with van der Waals surface area (Å²) in [5.74, 6) is -0.141. The molecule has 0 radical (unpaired) electrons. The highest BCUT2D eigenvalue weighted by molar-refractivity contribution is 5.93. The van der Waals surface area contributed by atoms with Gasteiger partial charge < -0.3 is 4.90 Å². The molecule has 5 heteroatoms. The van der Waals surface area contributed by atoms with Gasteiger partial charge in [0.1, 0.15) is 0 Å².